The molecule has 6 heteroatoms. The molecule has 0 aromatic rings. The van der Waals surface area contributed by atoms with Crippen LogP contribution in [0.25, 0.3) is 0 Å². The van der Waals surface area contributed by atoms with E-state index in [1.54, 1.807) is 11.8 Å². The molecule has 0 aromatic heterocycles. The summed E-state index contributed by atoms with van der Waals surface area (Å²) in [4.78, 5) is 24.8. The summed E-state index contributed by atoms with van der Waals surface area (Å²) in [6, 6.07) is -1.22. The molecule has 0 aromatic carbocycles. The number of nitrogens with two attached hydrogens (primary N) is 1. The number of morpholine rings is 1. The molecule has 1 saturated heterocycles. The van der Waals surface area contributed by atoms with Gasteiger partial charge in [0.15, 0.2) is 6.04 Å². The Morgan fingerprint density at radius 2 is 2.24 bits per heavy atom. The van der Waals surface area contributed by atoms with Crippen molar-refractivity contribution in [2.75, 3.05) is 26.3 Å². The number of hydrogen-bond acceptors (Lipinski definition) is 5. The normalized spacial score (nSPS) is 22.1. The topological polar surface area (TPSA) is 81.9 Å². The monoisotopic (exact) mass is 244 g/mol. The molecule has 0 saturated carbocycles. The summed E-state index contributed by atoms with van der Waals surface area (Å²) in [5, 5.41) is 0. The van der Waals surface area contributed by atoms with Gasteiger partial charge in [-0.1, -0.05) is 6.92 Å². The quantitative estimate of drug-likeness (QED) is 0.533. The number of ether oxygens (including phenoxy) is 2. The first-order chi connectivity index (χ1) is 8.10. The van der Waals surface area contributed by atoms with E-state index >= 15 is 0 Å². The van der Waals surface area contributed by atoms with Crippen LogP contribution in [-0.2, 0) is 19.1 Å². The molecule has 1 aliphatic rings. The molecule has 1 amide bonds. The first kappa shape index (κ1) is 13.9. The number of carbonyl (C=O) groups excluding carboxylic acids is 2. The number of hydrogen-bond donors (Lipinski definition) is 1. The minimum absolute atomic E-state index is 0.0297. The highest BCUT2D eigenvalue weighted by Gasteiger charge is 2.31. The van der Waals surface area contributed by atoms with E-state index < -0.39 is 12.0 Å². The highest BCUT2D eigenvalue weighted by atomic mass is 16.5. The van der Waals surface area contributed by atoms with Crippen molar-refractivity contribution in [3.63, 3.8) is 0 Å². The SMILES string of the molecule is CCOC(=O)C(N)C(=O)N1CCOC(CC)C1. The van der Waals surface area contributed by atoms with Crippen molar-refractivity contribution in [3.05, 3.63) is 0 Å². The minimum Gasteiger partial charge on any atom is -0.464 e. The minimum atomic E-state index is -1.22. The smallest absolute Gasteiger partial charge is 0.332 e. The molecule has 98 valence electrons. The van der Waals surface area contributed by atoms with E-state index in [-0.39, 0.29) is 18.6 Å². The van der Waals surface area contributed by atoms with Crippen LogP contribution in [0.15, 0.2) is 0 Å². The van der Waals surface area contributed by atoms with Crippen LogP contribution in [0.2, 0.25) is 0 Å². The summed E-state index contributed by atoms with van der Waals surface area (Å²) in [6.07, 6.45) is 0.861. The summed E-state index contributed by atoms with van der Waals surface area (Å²) >= 11 is 0. The van der Waals surface area contributed by atoms with Crippen molar-refractivity contribution in [2.45, 2.75) is 32.4 Å². The highest BCUT2D eigenvalue weighted by molar-refractivity contribution is 6.01. The molecule has 2 unspecified atom stereocenters. The van der Waals surface area contributed by atoms with Gasteiger partial charge in [-0.05, 0) is 13.3 Å². The van der Waals surface area contributed by atoms with Gasteiger partial charge in [-0.2, -0.15) is 0 Å². The lowest BCUT2D eigenvalue weighted by Crippen LogP contribution is -2.54. The van der Waals surface area contributed by atoms with Gasteiger partial charge in [0.05, 0.1) is 19.3 Å². The van der Waals surface area contributed by atoms with Gasteiger partial charge in [-0.3, -0.25) is 4.79 Å². The van der Waals surface area contributed by atoms with Gasteiger partial charge in [-0.25, -0.2) is 4.79 Å². The van der Waals surface area contributed by atoms with Crippen LogP contribution in [-0.4, -0.2) is 55.2 Å². The standard InChI is InChI=1S/C11H20N2O4/c1-3-8-7-13(5-6-17-8)10(14)9(12)11(15)16-4-2/h8-9H,3-7,12H2,1-2H3. The summed E-state index contributed by atoms with van der Waals surface area (Å²) < 4.78 is 10.2. The Labute approximate surface area is 101 Å². The molecular formula is C11H20N2O4. The van der Waals surface area contributed by atoms with Crippen molar-refractivity contribution in [1.82, 2.24) is 4.90 Å². The average Bonchev–Trinajstić information content (AvgIpc) is 2.37. The number of rotatable bonds is 4. The Morgan fingerprint density at radius 3 is 2.82 bits per heavy atom. The van der Waals surface area contributed by atoms with Crippen LogP contribution >= 0.6 is 0 Å². The van der Waals surface area contributed by atoms with Crippen LogP contribution in [0, 0.1) is 0 Å². The molecule has 1 rings (SSSR count). The number of esters is 1. The maximum Gasteiger partial charge on any atom is 0.332 e. The highest BCUT2D eigenvalue weighted by Crippen LogP contribution is 2.09. The second-order valence-electron chi connectivity index (χ2n) is 3.92. The molecule has 0 spiro atoms. The van der Waals surface area contributed by atoms with E-state index in [0.717, 1.165) is 6.42 Å². The van der Waals surface area contributed by atoms with E-state index in [1.807, 2.05) is 6.92 Å². The fourth-order valence-corrected chi connectivity index (χ4v) is 1.70. The second-order valence-corrected chi connectivity index (χ2v) is 3.92. The van der Waals surface area contributed by atoms with Crippen LogP contribution in [0.5, 0.6) is 0 Å². The molecule has 6 nitrogen and oxygen atoms in total. The maximum absolute atomic E-state index is 11.9. The molecule has 1 heterocycles. The second kappa shape index (κ2) is 6.56. The first-order valence-electron chi connectivity index (χ1n) is 5.92. The Morgan fingerprint density at radius 1 is 1.53 bits per heavy atom. The summed E-state index contributed by atoms with van der Waals surface area (Å²) in [5.74, 6) is -1.05. The number of nitrogens with zero attached hydrogens (tertiary/aromatic N) is 1. The summed E-state index contributed by atoms with van der Waals surface area (Å²) in [7, 11) is 0. The first-order valence-corrected chi connectivity index (χ1v) is 5.92. The fraction of sp³-hybridized carbons (Fsp3) is 0.818. The third-order valence-corrected chi connectivity index (χ3v) is 2.71. The molecule has 0 radical (unpaired) electrons. The Bertz CT molecular complexity index is 283. The maximum atomic E-state index is 11.9. The number of amides is 1. The summed E-state index contributed by atoms with van der Waals surface area (Å²) in [6.45, 7) is 5.34. The predicted molar refractivity (Wildman–Crippen MR) is 61.2 cm³/mol. The van der Waals surface area contributed by atoms with Gasteiger partial charge in [-0.15, -0.1) is 0 Å². The van der Waals surface area contributed by atoms with Crippen molar-refractivity contribution >= 4 is 11.9 Å². The van der Waals surface area contributed by atoms with Gasteiger partial charge >= 0.3 is 5.97 Å². The zero-order valence-electron chi connectivity index (χ0n) is 10.3. The van der Waals surface area contributed by atoms with Gasteiger partial charge in [0.1, 0.15) is 0 Å². The fourth-order valence-electron chi connectivity index (χ4n) is 1.70. The van der Waals surface area contributed by atoms with Crippen LogP contribution in [0.3, 0.4) is 0 Å². The van der Waals surface area contributed by atoms with E-state index in [9.17, 15) is 9.59 Å². The average molecular weight is 244 g/mol. The summed E-state index contributed by atoms with van der Waals surface area (Å²) in [5.41, 5.74) is 5.56. The van der Waals surface area contributed by atoms with Crippen LogP contribution in [0.4, 0.5) is 0 Å². The van der Waals surface area contributed by atoms with E-state index in [0.29, 0.717) is 19.7 Å². The molecule has 1 aliphatic heterocycles. The van der Waals surface area contributed by atoms with E-state index in [2.05, 4.69) is 0 Å². The van der Waals surface area contributed by atoms with Crippen molar-refractivity contribution in [2.24, 2.45) is 5.73 Å². The zero-order chi connectivity index (χ0) is 12.8. The molecule has 1 fully saturated rings. The molecule has 2 atom stereocenters. The third-order valence-electron chi connectivity index (χ3n) is 2.71. The largest absolute Gasteiger partial charge is 0.464 e. The zero-order valence-corrected chi connectivity index (χ0v) is 10.3. The lowest BCUT2D eigenvalue weighted by atomic mass is 10.2. The van der Waals surface area contributed by atoms with Crippen molar-refractivity contribution < 1.29 is 19.1 Å². The van der Waals surface area contributed by atoms with Gasteiger partial charge < -0.3 is 20.1 Å². The number of carbonyl (C=O) groups is 2. The van der Waals surface area contributed by atoms with Gasteiger partial charge in [0.25, 0.3) is 5.91 Å². The van der Waals surface area contributed by atoms with Crippen molar-refractivity contribution in [3.8, 4) is 0 Å². The van der Waals surface area contributed by atoms with Crippen LogP contribution in [0.1, 0.15) is 20.3 Å². The Balaban J connectivity index is 2.53. The van der Waals surface area contributed by atoms with E-state index in [4.69, 9.17) is 15.2 Å². The molecule has 0 bridgehead atoms. The lowest BCUT2D eigenvalue weighted by molar-refractivity contribution is -0.153. The van der Waals surface area contributed by atoms with Crippen LogP contribution < -0.4 is 5.73 Å². The molecular weight excluding hydrogens is 224 g/mol. The Kier molecular flexibility index (Phi) is 5.37. The van der Waals surface area contributed by atoms with E-state index in [1.165, 1.54) is 0 Å². The van der Waals surface area contributed by atoms with Gasteiger partial charge in [0.2, 0.25) is 0 Å². The molecule has 2 N–H and O–H groups in total. The Hall–Kier alpha value is -1.14. The molecule has 17 heavy (non-hydrogen) atoms. The van der Waals surface area contributed by atoms with Crippen molar-refractivity contribution in [1.29, 1.82) is 0 Å². The molecule has 0 aliphatic carbocycles. The van der Waals surface area contributed by atoms with Gasteiger partial charge in [0, 0.05) is 13.1 Å². The lowest BCUT2D eigenvalue weighted by Gasteiger charge is -2.33. The third kappa shape index (κ3) is 3.67. The predicted octanol–water partition coefficient (Wildman–Crippen LogP) is -0.486.